The second kappa shape index (κ2) is 4.23. The number of nitrogens with zero attached hydrogens (tertiary/aromatic N) is 1. The van der Waals surface area contributed by atoms with Gasteiger partial charge in [-0.3, -0.25) is 0 Å². The summed E-state index contributed by atoms with van der Waals surface area (Å²) < 4.78 is 4.94. The maximum atomic E-state index is 5.94. The third-order valence-corrected chi connectivity index (χ3v) is 2.19. The van der Waals surface area contributed by atoms with Crippen molar-refractivity contribution >= 4 is 23.1 Å². The van der Waals surface area contributed by atoms with Gasteiger partial charge in [0.1, 0.15) is 5.82 Å². The Bertz CT molecular complexity index is 442. The summed E-state index contributed by atoms with van der Waals surface area (Å²) in [4.78, 5) is 4.08. The molecule has 0 atom stereocenters. The lowest BCUT2D eigenvalue weighted by atomic mass is 10.3. The Morgan fingerprint density at radius 2 is 2.40 bits per heavy atom. The van der Waals surface area contributed by atoms with E-state index in [4.69, 9.17) is 21.8 Å². The Kier molecular flexibility index (Phi) is 2.78. The average molecular weight is 224 g/mol. The van der Waals surface area contributed by atoms with Crippen LogP contribution in [0, 0.1) is 0 Å². The number of halogens is 1. The van der Waals surface area contributed by atoms with Crippen molar-refractivity contribution in [2.75, 3.05) is 11.1 Å². The molecule has 0 aliphatic rings. The van der Waals surface area contributed by atoms with Crippen molar-refractivity contribution in [3.63, 3.8) is 0 Å². The van der Waals surface area contributed by atoms with E-state index in [9.17, 15) is 0 Å². The zero-order valence-corrected chi connectivity index (χ0v) is 8.66. The molecule has 2 aromatic rings. The summed E-state index contributed by atoms with van der Waals surface area (Å²) >= 11 is 5.94. The van der Waals surface area contributed by atoms with E-state index in [0.717, 1.165) is 5.56 Å². The van der Waals surface area contributed by atoms with Crippen LogP contribution >= 0.6 is 11.6 Å². The van der Waals surface area contributed by atoms with E-state index in [1.54, 1.807) is 24.8 Å². The van der Waals surface area contributed by atoms with Gasteiger partial charge >= 0.3 is 0 Å². The Morgan fingerprint density at radius 1 is 1.53 bits per heavy atom. The van der Waals surface area contributed by atoms with Crippen molar-refractivity contribution in [1.82, 2.24) is 4.98 Å². The van der Waals surface area contributed by atoms with E-state index < -0.39 is 0 Å². The number of rotatable bonds is 3. The smallest absolute Gasteiger partial charge is 0.145 e. The third-order valence-electron chi connectivity index (χ3n) is 1.90. The number of pyridine rings is 1. The second-order valence-corrected chi connectivity index (χ2v) is 3.49. The minimum Gasteiger partial charge on any atom is -0.472 e. The van der Waals surface area contributed by atoms with Gasteiger partial charge in [-0.2, -0.15) is 0 Å². The number of furan rings is 1. The van der Waals surface area contributed by atoms with Crippen LogP contribution in [0.5, 0.6) is 0 Å². The van der Waals surface area contributed by atoms with E-state index in [1.165, 1.54) is 0 Å². The van der Waals surface area contributed by atoms with E-state index in [0.29, 0.717) is 23.1 Å². The molecule has 2 rings (SSSR count). The number of anilines is 2. The SMILES string of the molecule is Nc1cnc(NCc2ccoc2)c(Cl)c1. The van der Waals surface area contributed by atoms with Gasteiger partial charge in [-0.15, -0.1) is 0 Å². The first-order valence-corrected chi connectivity index (χ1v) is 4.79. The van der Waals surface area contributed by atoms with Crippen LogP contribution in [-0.2, 0) is 6.54 Å². The first-order valence-electron chi connectivity index (χ1n) is 4.41. The van der Waals surface area contributed by atoms with Crippen molar-refractivity contribution < 1.29 is 4.42 Å². The number of nitrogen functional groups attached to an aromatic ring is 1. The average Bonchev–Trinajstić information content (AvgIpc) is 2.69. The number of nitrogens with two attached hydrogens (primary N) is 1. The number of aromatic nitrogens is 1. The highest BCUT2D eigenvalue weighted by Gasteiger charge is 2.02. The molecular formula is C10H10ClN3O. The van der Waals surface area contributed by atoms with Crippen LogP contribution in [0.25, 0.3) is 0 Å². The fourth-order valence-corrected chi connectivity index (χ4v) is 1.40. The van der Waals surface area contributed by atoms with E-state index >= 15 is 0 Å². The van der Waals surface area contributed by atoms with Crippen LogP contribution in [0.4, 0.5) is 11.5 Å². The Balaban J connectivity index is 2.05. The highest BCUT2D eigenvalue weighted by Crippen LogP contribution is 2.21. The molecule has 0 saturated heterocycles. The van der Waals surface area contributed by atoms with Gasteiger partial charge < -0.3 is 15.5 Å². The summed E-state index contributed by atoms with van der Waals surface area (Å²) in [6.07, 6.45) is 4.84. The predicted molar refractivity (Wildman–Crippen MR) is 59.7 cm³/mol. The molecule has 0 aromatic carbocycles. The highest BCUT2D eigenvalue weighted by molar-refractivity contribution is 6.33. The molecule has 0 radical (unpaired) electrons. The fraction of sp³-hybridized carbons (Fsp3) is 0.100. The molecule has 5 heteroatoms. The summed E-state index contributed by atoms with van der Waals surface area (Å²) in [6, 6.07) is 3.53. The first-order chi connectivity index (χ1) is 7.25. The first kappa shape index (κ1) is 9.86. The van der Waals surface area contributed by atoms with E-state index in [-0.39, 0.29) is 0 Å². The van der Waals surface area contributed by atoms with Crippen LogP contribution in [-0.4, -0.2) is 4.98 Å². The third kappa shape index (κ3) is 2.41. The van der Waals surface area contributed by atoms with Gasteiger partial charge in [0, 0.05) is 12.1 Å². The van der Waals surface area contributed by atoms with E-state index in [1.807, 2.05) is 6.07 Å². The van der Waals surface area contributed by atoms with Crippen LogP contribution in [0.1, 0.15) is 5.56 Å². The molecule has 0 aliphatic carbocycles. The van der Waals surface area contributed by atoms with Gasteiger partial charge in [-0.05, 0) is 12.1 Å². The lowest BCUT2D eigenvalue weighted by Crippen LogP contribution is -2.01. The second-order valence-electron chi connectivity index (χ2n) is 3.08. The standard InChI is InChI=1S/C10H10ClN3O/c11-9-3-8(12)5-14-10(9)13-4-7-1-2-15-6-7/h1-3,5-6H,4,12H2,(H,13,14). The van der Waals surface area contributed by atoms with Gasteiger partial charge in [0.15, 0.2) is 0 Å². The minimum absolute atomic E-state index is 0.512. The summed E-state index contributed by atoms with van der Waals surface area (Å²) in [6.45, 7) is 0.618. The maximum absolute atomic E-state index is 5.94. The summed E-state index contributed by atoms with van der Waals surface area (Å²) in [5.74, 6) is 0.618. The van der Waals surface area contributed by atoms with Crippen molar-refractivity contribution in [2.24, 2.45) is 0 Å². The molecule has 78 valence electrons. The highest BCUT2D eigenvalue weighted by atomic mass is 35.5. The number of nitrogens with one attached hydrogen (secondary N) is 1. The number of hydrogen-bond acceptors (Lipinski definition) is 4. The topological polar surface area (TPSA) is 64.1 Å². The molecule has 0 unspecified atom stereocenters. The molecule has 3 N–H and O–H groups in total. The van der Waals surface area contributed by atoms with Gasteiger partial charge in [0.25, 0.3) is 0 Å². The molecule has 0 amide bonds. The zero-order valence-electron chi connectivity index (χ0n) is 7.90. The summed E-state index contributed by atoms with van der Waals surface area (Å²) in [5, 5.41) is 3.60. The van der Waals surface area contributed by atoms with Gasteiger partial charge in [0.05, 0.1) is 29.4 Å². The van der Waals surface area contributed by atoms with Crippen molar-refractivity contribution in [3.05, 3.63) is 41.4 Å². The molecule has 0 bridgehead atoms. The zero-order chi connectivity index (χ0) is 10.7. The van der Waals surface area contributed by atoms with Crippen LogP contribution in [0.3, 0.4) is 0 Å². The molecule has 0 saturated carbocycles. The van der Waals surface area contributed by atoms with Crippen LogP contribution in [0.2, 0.25) is 5.02 Å². The quantitative estimate of drug-likeness (QED) is 0.839. The lowest BCUT2D eigenvalue weighted by Gasteiger charge is -2.05. The van der Waals surface area contributed by atoms with Gasteiger partial charge in [-0.25, -0.2) is 4.98 Å². The van der Waals surface area contributed by atoms with E-state index in [2.05, 4.69) is 10.3 Å². The monoisotopic (exact) mass is 223 g/mol. The largest absolute Gasteiger partial charge is 0.472 e. The molecule has 0 fully saturated rings. The summed E-state index contributed by atoms with van der Waals surface area (Å²) in [5.41, 5.74) is 7.11. The molecule has 15 heavy (non-hydrogen) atoms. The van der Waals surface area contributed by atoms with Gasteiger partial charge in [-0.1, -0.05) is 11.6 Å². The Hall–Kier alpha value is -1.68. The lowest BCUT2D eigenvalue weighted by molar-refractivity contribution is 0.564. The van der Waals surface area contributed by atoms with Crippen LogP contribution in [0.15, 0.2) is 35.3 Å². The molecule has 2 aromatic heterocycles. The Labute approximate surface area is 92.1 Å². The maximum Gasteiger partial charge on any atom is 0.145 e. The van der Waals surface area contributed by atoms with Crippen molar-refractivity contribution in [3.8, 4) is 0 Å². The molecule has 4 nitrogen and oxygen atoms in total. The fourth-order valence-electron chi connectivity index (χ4n) is 1.16. The van der Waals surface area contributed by atoms with Crippen LogP contribution < -0.4 is 11.1 Å². The molecule has 0 aliphatic heterocycles. The molecular weight excluding hydrogens is 214 g/mol. The van der Waals surface area contributed by atoms with Gasteiger partial charge in [0.2, 0.25) is 0 Å². The number of hydrogen-bond donors (Lipinski definition) is 2. The van der Waals surface area contributed by atoms with Crippen molar-refractivity contribution in [2.45, 2.75) is 6.54 Å². The minimum atomic E-state index is 0.512. The molecule has 0 spiro atoms. The van der Waals surface area contributed by atoms with Crippen molar-refractivity contribution in [1.29, 1.82) is 0 Å². The summed E-state index contributed by atoms with van der Waals surface area (Å²) in [7, 11) is 0. The normalized spacial score (nSPS) is 10.2. The molecule has 2 heterocycles. The predicted octanol–water partition coefficient (Wildman–Crippen LogP) is 2.52. The Morgan fingerprint density at radius 3 is 3.07 bits per heavy atom.